The summed E-state index contributed by atoms with van der Waals surface area (Å²) in [7, 11) is 3.76. The van der Waals surface area contributed by atoms with E-state index in [1.54, 1.807) is 19.2 Å². The minimum Gasteiger partial charge on any atom is -0.354 e. The van der Waals surface area contributed by atoms with Gasteiger partial charge >= 0.3 is 0 Å². The Morgan fingerprint density at radius 2 is 1.96 bits per heavy atom. The van der Waals surface area contributed by atoms with E-state index >= 15 is 0 Å². The van der Waals surface area contributed by atoms with Gasteiger partial charge in [-0.05, 0) is 37.1 Å². The van der Waals surface area contributed by atoms with E-state index in [9.17, 15) is 4.79 Å². The lowest BCUT2D eigenvalue weighted by molar-refractivity contribution is 0.0954. The number of carbonyl (C=O) groups excluding carboxylic acids is 1. The number of nitrogens with zero attached hydrogens (tertiary/aromatic N) is 2. The lowest BCUT2D eigenvalue weighted by Crippen LogP contribution is -2.42. The molecule has 1 rings (SSSR count). The van der Waals surface area contributed by atoms with E-state index in [0.29, 0.717) is 18.7 Å². The van der Waals surface area contributed by atoms with Gasteiger partial charge in [-0.3, -0.25) is 9.79 Å². The molecule has 1 amide bonds. The fourth-order valence-electron chi connectivity index (χ4n) is 2.02. The number of aliphatic imine (C=N–C) groups is 1. The summed E-state index contributed by atoms with van der Waals surface area (Å²) >= 11 is 3.35. The molecule has 0 radical (unpaired) electrons. The highest BCUT2D eigenvalue weighted by atomic mass is 79.9. The molecule has 0 aliphatic heterocycles. The van der Waals surface area contributed by atoms with Gasteiger partial charge < -0.3 is 15.5 Å². The number of allylic oxidation sites excluding steroid dienone is 1. The molecule has 1 aromatic rings. The van der Waals surface area contributed by atoms with Crippen molar-refractivity contribution >= 4 is 27.8 Å². The molecule has 0 aliphatic rings. The maximum atomic E-state index is 12.0. The van der Waals surface area contributed by atoms with Crippen LogP contribution >= 0.6 is 15.9 Å². The Bertz CT molecular complexity index is 528. The highest BCUT2D eigenvalue weighted by molar-refractivity contribution is 9.10. The molecule has 0 fully saturated rings. The third-order valence-electron chi connectivity index (χ3n) is 3.28. The summed E-state index contributed by atoms with van der Waals surface area (Å²) in [5.41, 5.74) is 0.652. The normalized spacial score (nSPS) is 11.0. The molecular weight excluding hydrogens is 356 g/mol. The van der Waals surface area contributed by atoms with Gasteiger partial charge in [0.25, 0.3) is 5.91 Å². The van der Waals surface area contributed by atoms with Crippen LogP contribution in [0.1, 0.15) is 23.2 Å². The Hall–Kier alpha value is -1.82. The molecule has 126 valence electrons. The van der Waals surface area contributed by atoms with E-state index in [2.05, 4.69) is 43.0 Å². The monoisotopic (exact) mass is 380 g/mol. The van der Waals surface area contributed by atoms with Gasteiger partial charge in [0, 0.05) is 43.8 Å². The molecule has 5 nitrogen and oxygen atoms in total. The van der Waals surface area contributed by atoms with E-state index in [-0.39, 0.29) is 5.91 Å². The van der Waals surface area contributed by atoms with Crippen LogP contribution in [-0.4, -0.2) is 50.5 Å². The van der Waals surface area contributed by atoms with Gasteiger partial charge in [-0.1, -0.05) is 22.0 Å². The molecule has 0 heterocycles. The SMILES string of the molecule is C=CCCCN(C)C(=NC)NCCNC(=O)c1ccc(Br)cc1. The second kappa shape index (κ2) is 10.8. The van der Waals surface area contributed by atoms with Crippen molar-refractivity contribution in [2.24, 2.45) is 4.99 Å². The average Bonchev–Trinajstić information content (AvgIpc) is 2.55. The van der Waals surface area contributed by atoms with Crippen LogP contribution < -0.4 is 10.6 Å². The molecule has 6 heteroatoms. The molecule has 0 saturated heterocycles. The minimum absolute atomic E-state index is 0.0753. The Balaban J connectivity index is 2.30. The highest BCUT2D eigenvalue weighted by Crippen LogP contribution is 2.10. The van der Waals surface area contributed by atoms with Crippen molar-refractivity contribution in [1.29, 1.82) is 0 Å². The lowest BCUT2D eigenvalue weighted by Gasteiger charge is -2.21. The lowest BCUT2D eigenvalue weighted by atomic mass is 10.2. The largest absolute Gasteiger partial charge is 0.354 e. The van der Waals surface area contributed by atoms with Crippen molar-refractivity contribution in [3.05, 3.63) is 47.0 Å². The zero-order valence-electron chi connectivity index (χ0n) is 13.8. The summed E-state index contributed by atoms with van der Waals surface area (Å²) < 4.78 is 0.957. The van der Waals surface area contributed by atoms with E-state index in [1.165, 1.54) is 0 Å². The predicted octanol–water partition coefficient (Wildman–Crippen LogP) is 2.65. The van der Waals surface area contributed by atoms with Crippen LogP contribution in [0, 0.1) is 0 Å². The molecular formula is C17H25BrN4O. The van der Waals surface area contributed by atoms with Crippen LogP contribution in [0.5, 0.6) is 0 Å². The number of halogens is 1. The summed E-state index contributed by atoms with van der Waals surface area (Å²) in [5.74, 6) is 0.751. The van der Waals surface area contributed by atoms with Gasteiger partial charge in [0.05, 0.1) is 0 Å². The number of rotatable bonds is 8. The van der Waals surface area contributed by atoms with E-state index in [0.717, 1.165) is 29.8 Å². The van der Waals surface area contributed by atoms with Crippen LogP contribution in [0.4, 0.5) is 0 Å². The first-order valence-electron chi connectivity index (χ1n) is 7.65. The Kier molecular flexibility index (Phi) is 9.05. The Morgan fingerprint density at radius 1 is 1.30 bits per heavy atom. The summed E-state index contributed by atoms with van der Waals surface area (Å²) in [6.45, 7) is 5.80. The zero-order chi connectivity index (χ0) is 17.1. The van der Waals surface area contributed by atoms with E-state index in [4.69, 9.17) is 0 Å². The Morgan fingerprint density at radius 3 is 2.57 bits per heavy atom. The molecule has 23 heavy (non-hydrogen) atoms. The third-order valence-corrected chi connectivity index (χ3v) is 3.80. The molecule has 0 aliphatic carbocycles. The second-order valence-corrected chi connectivity index (χ2v) is 6.00. The van der Waals surface area contributed by atoms with Gasteiger partial charge in [-0.2, -0.15) is 0 Å². The van der Waals surface area contributed by atoms with E-state index in [1.807, 2.05) is 25.3 Å². The molecule has 1 aromatic carbocycles. The quantitative estimate of drug-likeness (QED) is 0.315. The molecule has 0 unspecified atom stereocenters. The predicted molar refractivity (Wildman–Crippen MR) is 99.9 cm³/mol. The van der Waals surface area contributed by atoms with Crippen LogP contribution in [-0.2, 0) is 0 Å². The van der Waals surface area contributed by atoms with E-state index < -0.39 is 0 Å². The summed E-state index contributed by atoms with van der Waals surface area (Å²) in [4.78, 5) is 18.3. The number of guanidine groups is 1. The standard InChI is InChI=1S/C17H25BrN4O/c1-4-5-6-13-22(3)17(19-2)21-12-11-20-16(23)14-7-9-15(18)10-8-14/h4,7-10H,1,5-6,11-13H2,2-3H3,(H,19,21)(H,20,23). The maximum Gasteiger partial charge on any atom is 0.251 e. The molecule has 2 N–H and O–H groups in total. The maximum absolute atomic E-state index is 12.0. The minimum atomic E-state index is -0.0753. The molecule has 0 saturated carbocycles. The molecule has 0 spiro atoms. The summed E-state index contributed by atoms with van der Waals surface area (Å²) in [5, 5.41) is 6.13. The van der Waals surface area contributed by atoms with Gasteiger partial charge in [0.15, 0.2) is 5.96 Å². The fourth-order valence-corrected chi connectivity index (χ4v) is 2.28. The van der Waals surface area contributed by atoms with Crippen LogP contribution in [0.2, 0.25) is 0 Å². The van der Waals surface area contributed by atoms with Crippen molar-refractivity contribution in [2.45, 2.75) is 12.8 Å². The first-order valence-corrected chi connectivity index (χ1v) is 8.44. The van der Waals surface area contributed by atoms with Crippen LogP contribution in [0.15, 0.2) is 46.4 Å². The zero-order valence-corrected chi connectivity index (χ0v) is 15.4. The van der Waals surface area contributed by atoms with Crippen molar-refractivity contribution in [1.82, 2.24) is 15.5 Å². The number of hydrogen-bond acceptors (Lipinski definition) is 2. The van der Waals surface area contributed by atoms with Gasteiger partial charge in [-0.25, -0.2) is 0 Å². The number of hydrogen-bond donors (Lipinski definition) is 2. The Labute approximate surface area is 147 Å². The van der Waals surface area contributed by atoms with Gasteiger partial charge in [-0.15, -0.1) is 6.58 Å². The van der Waals surface area contributed by atoms with Crippen molar-refractivity contribution in [3.8, 4) is 0 Å². The fraction of sp³-hybridized carbons (Fsp3) is 0.412. The number of unbranched alkanes of at least 4 members (excludes halogenated alkanes) is 1. The van der Waals surface area contributed by atoms with Gasteiger partial charge in [0.1, 0.15) is 0 Å². The number of benzene rings is 1. The highest BCUT2D eigenvalue weighted by Gasteiger charge is 2.06. The molecule has 0 bridgehead atoms. The summed E-state index contributed by atoms with van der Waals surface area (Å²) in [6, 6.07) is 7.29. The van der Waals surface area contributed by atoms with Crippen LogP contribution in [0.3, 0.4) is 0 Å². The average molecular weight is 381 g/mol. The van der Waals surface area contributed by atoms with Gasteiger partial charge in [0.2, 0.25) is 0 Å². The topological polar surface area (TPSA) is 56.7 Å². The first-order chi connectivity index (χ1) is 11.1. The molecule has 0 atom stereocenters. The third kappa shape index (κ3) is 7.32. The molecule has 0 aromatic heterocycles. The summed E-state index contributed by atoms with van der Waals surface area (Å²) in [6.07, 6.45) is 3.95. The second-order valence-electron chi connectivity index (χ2n) is 5.09. The number of carbonyl (C=O) groups is 1. The van der Waals surface area contributed by atoms with Crippen LogP contribution in [0.25, 0.3) is 0 Å². The first kappa shape index (κ1) is 19.2. The smallest absolute Gasteiger partial charge is 0.251 e. The number of nitrogens with one attached hydrogen (secondary N) is 2. The van der Waals surface area contributed by atoms with Crippen molar-refractivity contribution in [2.75, 3.05) is 33.7 Å². The number of amides is 1. The van der Waals surface area contributed by atoms with Crippen molar-refractivity contribution in [3.63, 3.8) is 0 Å². The van der Waals surface area contributed by atoms with Crippen molar-refractivity contribution < 1.29 is 4.79 Å².